The van der Waals surface area contributed by atoms with Crippen LogP contribution in [0, 0.1) is 0 Å². The molecular weight excluding hydrogens is 621 g/mol. The fourth-order valence-electron chi connectivity index (χ4n) is 8.44. The molecule has 0 saturated heterocycles. The molecule has 0 radical (unpaired) electrons. The molecule has 8 aromatic rings. The maximum Gasteiger partial charge on any atom is 0.0723 e. The zero-order valence-corrected chi connectivity index (χ0v) is 28.2. The van der Waals surface area contributed by atoms with Gasteiger partial charge in [0.1, 0.15) is 0 Å². The molecule has 0 atom stereocenters. The largest absolute Gasteiger partial charge is 0.0894 e. The van der Waals surface area contributed by atoms with Crippen molar-refractivity contribution in [1.82, 2.24) is 0 Å². The molecule has 1 heteroatoms. The van der Waals surface area contributed by atoms with Crippen LogP contribution in [0.1, 0.15) is 22.3 Å². The summed E-state index contributed by atoms with van der Waals surface area (Å²) in [7, 11) is 0. The zero-order valence-electron chi connectivity index (χ0n) is 27.4. The molecule has 10 rings (SSSR count). The average Bonchev–Trinajstić information content (AvgIpc) is 3.19. The van der Waals surface area contributed by atoms with Crippen molar-refractivity contribution in [3.63, 3.8) is 0 Å². The van der Waals surface area contributed by atoms with Crippen LogP contribution in [-0.2, 0) is 5.41 Å². The Morgan fingerprint density at radius 2 is 0.700 bits per heavy atom. The fraction of sp³-hybridized carbons (Fsp3) is 0.0204. The molecule has 0 saturated carbocycles. The molecule has 234 valence electrons. The highest BCUT2D eigenvalue weighted by atomic mass is 32.2. The first-order valence-electron chi connectivity index (χ1n) is 17.3. The Hall–Kier alpha value is -5.89. The van der Waals surface area contributed by atoms with Gasteiger partial charge < -0.3 is 0 Å². The topological polar surface area (TPSA) is 0 Å². The van der Waals surface area contributed by atoms with Crippen LogP contribution in [0.2, 0.25) is 0 Å². The van der Waals surface area contributed by atoms with E-state index in [0.717, 1.165) is 0 Å². The second kappa shape index (κ2) is 11.6. The summed E-state index contributed by atoms with van der Waals surface area (Å²) in [5.74, 6) is 0. The van der Waals surface area contributed by atoms with E-state index < -0.39 is 5.41 Å². The minimum atomic E-state index is -0.464. The van der Waals surface area contributed by atoms with Crippen LogP contribution in [0.4, 0.5) is 0 Å². The van der Waals surface area contributed by atoms with Gasteiger partial charge in [-0.15, -0.1) is 0 Å². The van der Waals surface area contributed by atoms with Crippen LogP contribution in [0.15, 0.2) is 204 Å². The Kier molecular flexibility index (Phi) is 6.75. The summed E-state index contributed by atoms with van der Waals surface area (Å²) < 4.78 is 0. The number of rotatable bonds is 3. The lowest BCUT2D eigenvalue weighted by Gasteiger charge is -2.42. The second-order valence-electron chi connectivity index (χ2n) is 13.2. The van der Waals surface area contributed by atoms with E-state index in [1.54, 1.807) is 0 Å². The minimum absolute atomic E-state index is 0.464. The molecule has 1 aliphatic heterocycles. The van der Waals surface area contributed by atoms with Gasteiger partial charge in [-0.3, -0.25) is 0 Å². The van der Waals surface area contributed by atoms with Crippen molar-refractivity contribution in [3.8, 4) is 55.6 Å². The zero-order chi connectivity index (χ0) is 33.1. The lowest BCUT2D eigenvalue weighted by molar-refractivity contribution is 0.703. The van der Waals surface area contributed by atoms with Crippen molar-refractivity contribution in [2.75, 3.05) is 0 Å². The molecule has 0 unspecified atom stereocenters. The summed E-state index contributed by atoms with van der Waals surface area (Å²) in [5.41, 5.74) is 17.3. The van der Waals surface area contributed by atoms with Gasteiger partial charge in [-0.25, -0.2) is 0 Å². The highest BCUT2D eigenvalue weighted by molar-refractivity contribution is 7.99. The first kappa shape index (κ1) is 29.1. The molecule has 0 nitrogen and oxygen atoms in total. The predicted molar refractivity (Wildman–Crippen MR) is 210 cm³/mol. The molecule has 50 heavy (non-hydrogen) atoms. The highest BCUT2D eigenvalue weighted by Crippen LogP contribution is 2.56. The van der Waals surface area contributed by atoms with Crippen molar-refractivity contribution in [1.29, 1.82) is 0 Å². The Bertz CT molecular complexity index is 2530. The first-order chi connectivity index (χ1) is 24.8. The standard InChI is InChI=1S/C49H32S/c1-2-16-35(17-3-1)49(45-25-10-12-27-47(45)50-48-28-13-11-26-46(48)49)36-18-14-15-33(31-36)34-29-30-43-41-23-7-6-21-39(41)37-19-4-5-20-38(37)40-22-8-9-24-42(40)44(43)32-34/h1-32H. The first-order valence-corrected chi connectivity index (χ1v) is 18.1. The van der Waals surface area contributed by atoms with E-state index in [2.05, 4.69) is 194 Å². The van der Waals surface area contributed by atoms with Crippen molar-refractivity contribution >= 4 is 11.8 Å². The van der Waals surface area contributed by atoms with Gasteiger partial charge in [-0.1, -0.05) is 182 Å². The highest BCUT2D eigenvalue weighted by Gasteiger charge is 2.44. The van der Waals surface area contributed by atoms with E-state index in [1.807, 2.05) is 11.8 Å². The van der Waals surface area contributed by atoms with E-state index in [9.17, 15) is 0 Å². The van der Waals surface area contributed by atoms with Gasteiger partial charge in [0.15, 0.2) is 0 Å². The third-order valence-electron chi connectivity index (χ3n) is 10.6. The smallest absolute Gasteiger partial charge is 0.0723 e. The van der Waals surface area contributed by atoms with Crippen LogP contribution in [0.25, 0.3) is 55.6 Å². The predicted octanol–water partition coefficient (Wildman–Crippen LogP) is 13.2. The van der Waals surface area contributed by atoms with Crippen molar-refractivity contribution in [2.45, 2.75) is 15.2 Å². The SMILES string of the molecule is c1ccc(C2(c3cccc(-c4ccc5c(c4)-c4ccccc4-c4ccccc4-c4ccccc4-5)c3)c3ccccc3Sc3ccccc32)cc1. The van der Waals surface area contributed by atoms with Crippen molar-refractivity contribution in [2.24, 2.45) is 0 Å². The molecule has 0 aromatic heterocycles. The molecule has 0 amide bonds. The van der Waals surface area contributed by atoms with Gasteiger partial charge in [-0.05, 0) is 102 Å². The number of fused-ring (bicyclic) bond motifs is 10. The van der Waals surface area contributed by atoms with Gasteiger partial charge >= 0.3 is 0 Å². The van der Waals surface area contributed by atoms with Gasteiger partial charge in [0, 0.05) is 9.79 Å². The molecule has 0 fully saturated rings. The van der Waals surface area contributed by atoms with Crippen LogP contribution >= 0.6 is 11.8 Å². The normalized spacial score (nSPS) is 13.3. The summed E-state index contributed by atoms with van der Waals surface area (Å²) in [5, 5.41) is 0. The number of benzene rings is 8. The third-order valence-corrected chi connectivity index (χ3v) is 11.8. The van der Waals surface area contributed by atoms with Gasteiger partial charge in [0.05, 0.1) is 5.41 Å². The van der Waals surface area contributed by atoms with E-state index in [0.29, 0.717) is 0 Å². The van der Waals surface area contributed by atoms with E-state index in [1.165, 1.54) is 87.7 Å². The van der Waals surface area contributed by atoms with E-state index in [4.69, 9.17) is 0 Å². The quantitative estimate of drug-likeness (QED) is 0.183. The van der Waals surface area contributed by atoms with Crippen LogP contribution in [0.3, 0.4) is 0 Å². The summed E-state index contributed by atoms with van der Waals surface area (Å²) in [6, 6.07) is 72.0. The summed E-state index contributed by atoms with van der Waals surface area (Å²) in [6.45, 7) is 0. The fourth-order valence-corrected chi connectivity index (χ4v) is 9.64. The molecular formula is C49H32S. The average molecular weight is 653 g/mol. The minimum Gasteiger partial charge on any atom is -0.0894 e. The Labute approximate surface area is 297 Å². The van der Waals surface area contributed by atoms with Crippen molar-refractivity contribution in [3.05, 3.63) is 216 Å². The monoisotopic (exact) mass is 652 g/mol. The van der Waals surface area contributed by atoms with Crippen LogP contribution in [0.5, 0.6) is 0 Å². The molecule has 2 aliphatic rings. The van der Waals surface area contributed by atoms with Gasteiger partial charge in [-0.2, -0.15) is 0 Å². The lowest BCUT2D eigenvalue weighted by Crippen LogP contribution is -2.34. The maximum absolute atomic E-state index is 2.44. The lowest BCUT2D eigenvalue weighted by atomic mass is 9.64. The molecule has 1 aliphatic carbocycles. The third kappa shape index (κ3) is 4.34. The molecule has 1 heterocycles. The molecule has 0 bridgehead atoms. The number of hydrogen-bond acceptors (Lipinski definition) is 1. The Morgan fingerprint density at radius 1 is 0.280 bits per heavy atom. The van der Waals surface area contributed by atoms with Crippen molar-refractivity contribution < 1.29 is 0 Å². The second-order valence-corrected chi connectivity index (χ2v) is 14.3. The summed E-state index contributed by atoms with van der Waals surface area (Å²) >= 11 is 1.88. The molecule has 0 spiro atoms. The van der Waals surface area contributed by atoms with Crippen LogP contribution < -0.4 is 0 Å². The Morgan fingerprint density at radius 3 is 1.26 bits per heavy atom. The number of hydrogen-bond donors (Lipinski definition) is 0. The molecule has 8 aromatic carbocycles. The molecule has 0 N–H and O–H groups in total. The Balaban J connectivity index is 1.22. The van der Waals surface area contributed by atoms with E-state index >= 15 is 0 Å². The van der Waals surface area contributed by atoms with Crippen LogP contribution in [-0.4, -0.2) is 0 Å². The van der Waals surface area contributed by atoms with E-state index in [-0.39, 0.29) is 0 Å². The maximum atomic E-state index is 2.44. The summed E-state index contributed by atoms with van der Waals surface area (Å²) in [6.07, 6.45) is 0. The summed E-state index contributed by atoms with van der Waals surface area (Å²) in [4.78, 5) is 2.61. The van der Waals surface area contributed by atoms with Gasteiger partial charge in [0.25, 0.3) is 0 Å². The van der Waals surface area contributed by atoms with Gasteiger partial charge in [0.2, 0.25) is 0 Å².